The van der Waals surface area contributed by atoms with Crippen molar-refractivity contribution in [3.05, 3.63) is 34.5 Å². The second-order valence-corrected chi connectivity index (χ2v) is 7.91. The monoisotopic (exact) mass is 374 g/mol. The van der Waals surface area contributed by atoms with Gasteiger partial charge in [0.2, 0.25) is 0 Å². The van der Waals surface area contributed by atoms with Crippen LogP contribution in [0.2, 0.25) is 0 Å². The van der Waals surface area contributed by atoms with Crippen LogP contribution in [0, 0.1) is 0 Å². The van der Waals surface area contributed by atoms with E-state index in [9.17, 15) is 4.79 Å². The van der Waals surface area contributed by atoms with Gasteiger partial charge in [-0.05, 0) is 31.8 Å². The molecule has 7 nitrogen and oxygen atoms in total. The fourth-order valence-corrected chi connectivity index (χ4v) is 4.60. The fraction of sp³-hybridized carbons (Fsp3) is 0.375. The van der Waals surface area contributed by atoms with Crippen molar-refractivity contribution in [2.24, 2.45) is 7.05 Å². The van der Waals surface area contributed by atoms with Crippen LogP contribution in [0.3, 0.4) is 0 Å². The van der Waals surface area contributed by atoms with Gasteiger partial charge in [-0.1, -0.05) is 0 Å². The largest absolute Gasteiger partial charge is 0.317 e. The summed E-state index contributed by atoms with van der Waals surface area (Å²) < 4.78 is 1.72. The number of hydrogen-bond donors (Lipinski definition) is 2. The molecule has 2 N–H and O–H groups in total. The van der Waals surface area contributed by atoms with Gasteiger partial charge in [0.15, 0.2) is 5.13 Å². The lowest BCUT2D eigenvalue weighted by molar-refractivity contribution is 0.102. The van der Waals surface area contributed by atoms with Crippen LogP contribution in [-0.4, -0.2) is 38.7 Å². The summed E-state index contributed by atoms with van der Waals surface area (Å²) in [6, 6.07) is 0. The van der Waals surface area contributed by atoms with E-state index in [0.29, 0.717) is 16.7 Å². The summed E-state index contributed by atoms with van der Waals surface area (Å²) in [5.74, 6) is 0.318. The van der Waals surface area contributed by atoms with Crippen molar-refractivity contribution in [2.45, 2.75) is 18.8 Å². The normalized spacial score (nSPS) is 15.4. The zero-order valence-corrected chi connectivity index (χ0v) is 15.4. The van der Waals surface area contributed by atoms with Crippen molar-refractivity contribution >= 4 is 33.7 Å². The molecule has 0 aliphatic carbocycles. The summed E-state index contributed by atoms with van der Waals surface area (Å²) in [6.45, 7) is 2.08. The van der Waals surface area contributed by atoms with Crippen LogP contribution in [0.4, 0.5) is 5.13 Å². The summed E-state index contributed by atoms with van der Waals surface area (Å²) in [5, 5.41) is 13.5. The second kappa shape index (κ2) is 7.03. The van der Waals surface area contributed by atoms with Crippen LogP contribution in [0.15, 0.2) is 24.0 Å². The molecule has 1 aliphatic heterocycles. The highest BCUT2D eigenvalue weighted by Crippen LogP contribution is 2.32. The minimum atomic E-state index is -0.224. The van der Waals surface area contributed by atoms with E-state index in [0.717, 1.165) is 36.5 Å². The van der Waals surface area contributed by atoms with E-state index in [-0.39, 0.29) is 5.91 Å². The topological polar surface area (TPSA) is 84.7 Å². The number of aryl methyl sites for hydroxylation is 1. The van der Waals surface area contributed by atoms with E-state index in [1.807, 2.05) is 19.4 Å². The predicted octanol–water partition coefficient (Wildman–Crippen LogP) is 2.72. The Hall–Kier alpha value is -2.10. The molecule has 3 aromatic rings. The lowest BCUT2D eigenvalue weighted by Crippen LogP contribution is -2.26. The number of nitrogens with one attached hydrogen (secondary N) is 2. The fourth-order valence-electron chi connectivity index (χ4n) is 2.84. The average molecular weight is 374 g/mol. The third-order valence-corrected chi connectivity index (χ3v) is 6.14. The molecule has 1 saturated heterocycles. The number of piperidine rings is 1. The summed E-state index contributed by atoms with van der Waals surface area (Å²) in [6.07, 6.45) is 7.75. The molecule has 4 heterocycles. The molecular weight excluding hydrogens is 356 g/mol. The molecular formula is C16H18N6OS2. The summed E-state index contributed by atoms with van der Waals surface area (Å²) >= 11 is 2.99. The standard InChI is InChI=1S/C16H18N6OS2/c1-22-8-11(6-19-22)15-20-12(9-24-15)14(23)21-16-18-7-13(25-16)10-2-4-17-5-3-10/h6-10,17H,2-5H2,1H3,(H,18,21,23). The molecule has 0 atom stereocenters. The number of hydrogen-bond acceptors (Lipinski definition) is 7. The zero-order chi connectivity index (χ0) is 17.2. The van der Waals surface area contributed by atoms with Crippen LogP contribution in [0.1, 0.15) is 34.1 Å². The Morgan fingerprint density at radius 3 is 2.96 bits per heavy atom. The maximum Gasteiger partial charge on any atom is 0.276 e. The van der Waals surface area contributed by atoms with Gasteiger partial charge in [0, 0.05) is 35.3 Å². The van der Waals surface area contributed by atoms with Crippen molar-refractivity contribution in [1.29, 1.82) is 0 Å². The van der Waals surface area contributed by atoms with Crippen molar-refractivity contribution < 1.29 is 4.79 Å². The smallest absolute Gasteiger partial charge is 0.276 e. The molecule has 130 valence electrons. The molecule has 3 aromatic heterocycles. The van der Waals surface area contributed by atoms with E-state index in [4.69, 9.17) is 0 Å². The lowest BCUT2D eigenvalue weighted by Gasteiger charge is -2.20. The number of aromatic nitrogens is 4. The maximum atomic E-state index is 12.4. The quantitative estimate of drug-likeness (QED) is 0.733. The first-order valence-electron chi connectivity index (χ1n) is 8.11. The second-order valence-electron chi connectivity index (χ2n) is 5.99. The highest BCUT2D eigenvalue weighted by Gasteiger charge is 2.19. The van der Waals surface area contributed by atoms with Crippen LogP contribution < -0.4 is 10.6 Å². The van der Waals surface area contributed by atoms with E-state index in [1.165, 1.54) is 16.2 Å². The van der Waals surface area contributed by atoms with Crippen LogP contribution in [0.25, 0.3) is 10.6 Å². The first-order valence-corrected chi connectivity index (χ1v) is 9.81. The Kier molecular flexibility index (Phi) is 4.60. The first kappa shape index (κ1) is 16.4. The van der Waals surface area contributed by atoms with Gasteiger partial charge < -0.3 is 5.32 Å². The summed E-state index contributed by atoms with van der Waals surface area (Å²) in [7, 11) is 1.85. The molecule has 9 heteroatoms. The number of carbonyl (C=O) groups is 1. The maximum absolute atomic E-state index is 12.4. The number of anilines is 1. The SMILES string of the molecule is Cn1cc(-c2nc(C(=O)Nc3ncc(C4CCNCC4)s3)cs2)cn1. The van der Waals surface area contributed by atoms with E-state index in [1.54, 1.807) is 27.6 Å². The van der Waals surface area contributed by atoms with Gasteiger partial charge in [-0.15, -0.1) is 22.7 Å². The molecule has 0 radical (unpaired) electrons. The van der Waals surface area contributed by atoms with E-state index in [2.05, 4.69) is 25.7 Å². The molecule has 0 unspecified atom stereocenters. The minimum absolute atomic E-state index is 0.224. The van der Waals surface area contributed by atoms with Gasteiger partial charge in [-0.2, -0.15) is 5.10 Å². The number of rotatable bonds is 4. The molecule has 0 aromatic carbocycles. The molecule has 1 fully saturated rings. The minimum Gasteiger partial charge on any atom is -0.317 e. The highest BCUT2D eigenvalue weighted by molar-refractivity contribution is 7.16. The van der Waals surface area contributed by atoms with Gasteiger partial charge in [0.05, 0.1) is 6.20 Å². The number of nitrogens with zero attached hydrogens (tertiary/aromatic N) is 4. The zero-order valence-electron chi connectivity index (χ0n) is 13.7. The number of carbonyl (C=O) groups excluding carboxylic acids is 1. The molecule has 1 aliphatic rings. The summed E-state index contributed by atoms with van der Waals surface area (Å²) in [4.78, 5) is 22.4. The molecule has 25 heavy (non-hydrogen) atoms. The van der Waals surface area contributed by atoms with E-state index < -0.39 is 0 Å². The Balaban J connectivity index is 1.43. The molecule has 0 bridgehead atoms. The van der Waals surface area contributed by atoms with Crippen LogP contribution in [-0.2, 0) is 7.05 Å². The Morgan fingerprint density at radius 2 is 2.20 bits per heavy atom. The van der Waals surface area contributed by atoms with Crippen molar-refractivity contribution in [2.75, 3.05) is 18.4 Å². The average Bonchev–Trinajstić information content (AvgIpc) is 3.35. The number of amides is 1. The van der Waals surface area contributed by atoms with Gasteiger partial charge >= 0.3 is 0 Å². The Bertz CT molecular complexity index is 877. The van der Waals surface area contributed by atoms with Gasteiger partial charge in [-0.25, -0.2) is 9.97 Å². The first-order chi connectivity index (χ1) is 12.2. The molecule has 0 saturated carbocycles. The Morgan fingerprint density at radius 1 is 1.36 bits per heavy atom. The van der Waals surface area contributed by atoms with Gasteiger partial charge in [0.1, 0.15) is 10.7 Å². The van der Waals surface area contributed by atoms with Crippen LogP contribution in [0.5, 0.6) is 0 Å². The van der Waals surface area contributed by atoms with Crippen molar-refractivity contribution in [3.63, 3.8) is 0 Å². The molecule has 1 amide bonds. The van der Waals surface area contributed by atoms with E-state index >= 15 is 0 Å². The third kappa shape index (κ3) is 3.63. The Labute approximate surface area is 153 Å². The van der Waals surface area contributed by atoms with Gasteiger partial charge in [-0.3, -0.25) is 14.8 Å². The van der Waals surface area contributed by atoms with Gasteiger partial charge in [0.25, 0.3) is 5.91 Å². The van der Waals surface area contributed by atoms with Crippen molar-refractivity contribution in [3.8, 4) is 10.6 Å². The highest BCUT2D eigenvalue weighted by atomic mass is 32.1. The predicted molar refractivity (Wildman–Crippen MR) is 99.2 cm³/mol. The summed E-state index contributed by atoms with van der Waals surface area (Å²) in [5.41, 5.74) is 1.32. The van der Waals surface area contributed by atoms with Crippen LogP contribution >= 0.6 is 22.7 Å². The molecule has 0 spiro atoms. The van der Waals surface area contributed by atoms with Crippen molar-refractivity contribution in [1.82, 2.24) is 25.1 Å². The molecule has 4 rings (SSSR count). The lowest BCUT2D eigenvalue weighted by atomic mass is 9.97. The third-order valence-electron chi connectivity index (χ3n) is 4.17. The number of thiazole rings is 2.